The Kier molecular flexibility index (Phi) is 7.77. The van der Waals surface area contributed by atoms with Crippen molar-refractivity contribution in [3.05, 3.63) is 107 Å². The summed E-state index contributed by atoms with van der Waals surface area (Å²) in [6.45, 7) is 2.44. The molecule has 8 nitrogen and oxygen atoms in total. The average Bonchev–Trinajstić information content (AvgIpc) is 2.93. The normalized spacial score (nSPS) is 11.6. The molecule has 0 fully saturated rings. The zero-order valence-corrected chi connectivity index (χ0v) is 21.0. The van der Waals surface area contributed by atoms with E-state index in [0.29, 0.717) is 40.3 Å². The number of hydrogen-bond acceptors (Lipinski definition) is 6. The van der Waals surface area contributed by atoms with Crippen molar-refractivity contribution in [2.45, 2.75) is 13.5 Å². The number of benzene rings is 2. The van der Waals surface area contributed by atoms with Crippen LogP contribution >= 0.6 is 0 Å². The largest absolute Gasteiger partial charge is 0.404 e. The Hall–Kier alpha value is -5.05. The number of pyridine rings is 2. The topological polar surface area (TPSA) is 128 Å². The Labute approximate surface area is 219 Å². The van der Waals surface area contributed by atoms with Gasteiger partial charge < -0.3 is 21.4 Å². The van der Waals surface area contributed by atoms with E-state index in [2.05, 4.69) is 15.3 Å². The fourth-order valence-corrected chi connectivity index (χ4v) is 3.96. The first kappa shape index (κ1) is 26.0. The summed E-state index contributed by atoms with van der Waals surface area (Å²) in [4.78, 5) is 34.6. The van der Waals surface area contributed by atoms with E-state index >= 15 is 0 Å². The number of carbonyl (C=O) groups excluding carboxylic acids is 1. The molecule has 2 aromatic heterocycles. The third kappa shape index (κ3) is 5.52. The number of aromatic nitrogens is 2. The molecule has 0 radical (unpaired) electrons. The van der Waals surface area contributed by atoms with Crippen LogP contribution in [0.25, 0.3) is 27.8 Å². The van der Waals surface area contributed by atoms with E-state index < -0.39 is 17.2 Å². The Morgan fingerprint density at radius 3 is 2.37 bits per heavy atom. The van der Waals surface area contributed by atoms with Gasteiger partial charge in [-0.1, -0.05) is 24.3 Å². The van der Waals surface area contributed by atoms with Crippen LogP contribution in [0.3, 0.4) is 0 Å². The predicted molar refractivity (Wildman–Crippen MR) is 150 cm³/mol. The average molecular weight is 511 g/mol. The highest BCUT2D eigenvalue weighted by atomic mass is 19.1. The second-order valence-corrected chi connectivity index (χ2v) is 8.45. The van der Waals surface area contributed by atoms with Gasteiger partial charge in [-0.3, -0.25) is 14.6 Å². The first-order chi connectivity index (χ1) is 18.3. The first-order valence-electron chi connectivity index (χ1n) is 11.9. The number of nitrogen functional groups attached to an aromatic ring is 1. The summed E-state index contributed by atoms with van der Waals surface area (Å²) in [5.74, 6) is -0.612. The van der Waals surface area contributed by atoms with Crippen LogP contribution in [-0.2, 0) is 6.54 Å². The number of carbonyl (C=O) groups is 1. The molecule has 0 unspecified atom stereocenters. The third-order valence-electron chi connectivity index (χ3n) is 6.00. The quantitative estimate of drug-likeness (QED) is 0.314. The molecule has 2 heterocycles. The Morgan fingerprint density at radius 2 is 1.74 bits per heavy atom. The SMILES string of the molecule is CCn1cc(C(=O)Nc2ccc(-c3cc(C(C=NC)=CN)cnc3N)cc2)c(=O)c(-c2ccc(F)cc2)c1. The molecule has 0 aliphatic heterocycles. The molecule has 0 bridgehead atoms. The lowest BCUT2D eigenvalue weighted by Gasteiger charge is -2.12. The predicted octanol–water partition coefficient (Wildman–Crippen LogP) is 4.57. The van der Waals surface area contributed by atoms with Gasteiger partial charge in [-0.15, -0.1) is 0 Å². The van der Waals surface area contributed by atoms with Crippen molar-refractivity contribution in [2.75, 3.05) is 18.1 Å². The molecule has 4 rings (SSSR count). The smallest absolute Gasteiger partial charge is 0.261 e. The van der Waals surface area contributed by atoms with E-state index in [9.17, 15) is 14.0 Å². The van der Waals surface area contributed by atoms with Crippen molar-refractivity contribution in [2.24, 2.45) is 10.7 Å². The summed E-state index contributed by atoms with van der Waals surface area (Å²) < 4.78 is 15.1. The Morgan fingerprint density at radius 1 is 1.08 bits per heavy atom. The number of hydrogen-bond donors (Lipinski definition) is 3. The van der Waals surface area contributed by atoms with E-state index in [4.69, 9.17) is 11.5 Å². The number of anilines is 2. The molecule has 0 saturated carbocycles. The highest BCUT2D eigenvalue weighted by Crippen LogP contribution is 2.28. The van der Waals surface area contributed by atoms with Crippen molar-refractivity contribution in [1.82, 2.24) is 9.55 Å². The molecule has 0 aliphatic carbocycles. The van der Waals surface area contributed by atoms with E-state index in [1.165, 1.54) is 36.7 Å². The van der Waals surface area contributed by atoms with Gasteiger partial charge in [-0.25, -0.2) is 9.37 Å². The van der Waals surface area contributed by atoms with Gasteiger partial charge in [0.05, 0.1) is 0 Å². The number of nitrogens with two attached hydrogens (primary N) is 2. The molecule has 9 heteroatoms. The fraction of sp³-hybridized carbons (Fsp3) is 0.103. The molecular weight excluding hydrogens is 483 g/mol. The van der Waals surface area contributed by atoms with Crippen LogP contribution in [-0.4, -0.2) is 28.7 Å². The highest BCUT2D eigenvalue weighted by Gasteiger charge is 2.17. The molecular formula is C29H27FN6O2. The van der Waals surface area contributed by atoms with Gasteiger partial charge in [-0.2, -0.15) is 0 Å². The van der Waals surface area contributed by atoms with Crippen LogP contribution in [0.15, 0.2) is 89.2 Å². The second kappa shape index (κ2) is 11.3. The standard InChI is InChI=1S/C29H27FN6O2/c1-3-36-16-25(19-4-8-22(30)9-5-19)27(37)26(17-36)29(38)35-23-10-6-18(7-11-23)24-12-20(15-34-28(24)32)21(13-31)14-33-2/h4-17H,3,31H2,1-2H3,(H2,32,34)(H,35,38). The van der Waals surface area contributed by atoms with Crippen LogP contribution in [0.4, 0.5) is 15.9 Å². The number of nitrogens with one attached hydrogen (secondary N) is 1. The lowest BCUT2D eigenvalue weighted by Crippen LogP contribution is -2.24. The van der Waals surface area contributed by atoms with Crippen LogP contribution < -0.4 is 22.2 Å². The maximum Gasteiger partial charge on any atom is 0.261 e. The van der Waals surface area contributed by atoms with E-state index in [1.807, 2.05) is 13.0 Å². The fourth-order valence-electron chi connectivity index (χ4n) is 3.96. The van der Waals surface area contributed by atoms with E-state index in [0.717, 1.165) is 11.1 Å². The van der Waals surface area contributed by atoms with Crippen molar-refractivity contribution in [3.8, 4) is 22.3 Å². The van der Waals surface area contributed by atoms with Crippen molar-refractivity contribution in [3.63, 3.8) is 0 Å². The summed E-state index contributed by atoms with van der Waals surface area (Å²) >= 11 is 0. The minimum absolute atomic E-state index is 0.0161. The Bertz CT molecular complexity index is 1590. The third-order valence-corrected chi connectivity index (χ3v) is 6.00. The number of rotatable bonds is 7. The minimum Gasteiger partial charge on any atom is -0.404 e. The number of amides is 1. The number of aryl methyl sites for hydroxylation is 1. The van der Waals surface area contributed by atoms with Gasteiger partial charge >= 0.3 is 0 Å². The number of allylic oxidation sites excluding steroid dienone is 1. The van der Waals surface area contributed by atoms with Crippen LogP contribution in [0.1, 0.15) is 22.8 Å². The molecule has 0 atom stereocenters. The summed E-state index contributed by atoms with van der Waals surface area (Å²) in [5, 5.41) is 2.78. The van der Waals surface area contributed by atoms with Crippen LogP contribution in [0.5, 0.6) is 0 Å². The number of nitrogens with zero attached hydrogens (tertiary/aromatic N) is 3. The van der Waals surface area contributed by atoms with Crippen LogP contribution in [0, 0.1) is 5.82 Å². The van der Waals surface area contributed by atoms with Gasteiger partial charge in [0.15, 0.2) is 0 Å². The maximum absolute atomic E-state index is 13.4. The summed E-state index contributed by atoms with van der Waals surface area (Å²) in [5.41, 5.74) is 15.7. The Balaban J connectivity index is 1.62. The molecule has 0 aliphatic rings. The summed E-state index contributed by atoms with van der Waals surface area (Å²) in [6, 6.07) is 14.5. The van der Waals surface area contributed by atoms with Crippen molar-refractivity contribution >= 4 is 29.2 Å². The van der Waals surface area contributed by atoms with Gasteiger partial charge in [0.2, 0.25) is 5.43 Å². The van der Waals surface area contributed by atoms with E-state index in [1.54, 1.807) is 54.5 Å². The molecule has 4 aromatic rings. The van der Waals surface area contributed by atoms with Crippen molar-refractivity contribution in [1.29, 1.82) is 0 Å². The number of halogens is 1. The molecule has 0 spiro atoms. The summed E-state index contributed by atoms with van der Waals surface area (Å²) in [6.07, 6.45) is 7.87. The zero-order valence-electron chi connectivity index (χ0n) is 21.0. The van der Waals surface area contributed by atoms with Gasteiger partial charge in [0.25, 0.3) is 5.91 Å². The maximum atomic E-state index is 13.4. The lowest BCUT2D eigenvalue weighted by atomic mass is 10.0. The molecule has 0 saturated heterocycles. The van der Waals surface area contributed by atoms with E-state index in [-0.39, 0.29) is 5.56 Å². The molecule has 2 aromatic carbocycles. The van der Waals surface area contributed by atoms with Crippen molar-refractivity contribution < 1.29 is 9.18 Å². The molecule has 38 heavy (non-hydrogen) atoms. The number of aliphatic imine (C=N–C) groups is 1. The first-order valence-corrected chi connectivity index (χ1v) is 11.9. The summed E-state index contributed by atoms with van der Waals surface area (Å²) in [7, 11) is 1.65. The molecule has 1 amide bonds. The molecule has 192 valence electrons. The van der Waals surface area contributed by atoms with Gasteiger partial charge in [0, 0.05) is 72.5 Å². The van der Waals surface area contributed by atoms with Crippen LogP contribution in [0.2, 0.25) is 0 Å². The highest BCUT2D eigenvalue weighted by molar-refractivity contribution is 6.10. The van der Waals surface area contributed by atoms with Gasteiger partial charge in [0.1, 0.15) is 17.2 Å². The van der Waals surface area contributed by atoms with Gasteiger partial charge in [-0.05, 0) is 48.4 Å². The lowest BCUT2D eigenvalue weighted by molar-refractivity contribution is 0.102. The second-order valence-electron chi connectivity index (χ2n) is 8.45. The zero-order chi connectivity index (χ0) is 27.2. The monoisotopic (exact) mass is 510 g/mol. The minimum atomic E-state index is -0.548. The molecule has 5 N–H and O–H groups in total.